The molecule has 1 amide bonds. The van der Waals surface area contributed by atoms with Gasteiger partial charge in [0.05, 0.1) is 0 Å². The molecular weight excluding hydrogens is 188 g/mol. The van der Waals surface area contributed by atoms with Crippen LogP contribution in [0.4, 0.5) is 0 Å². The van der Waals surface area contributed by atoms with Gasteiger partial charge < -0.3 is 10.6 Å². The number of nitrogens with one attached hydrogen (secondary N) is 2. The van der Waals surface area contributed by atoms with E-state index in [1.807, 2.05) is 0 Å². The lowest BCUT2D eigenvalue weighted by Gasteiger charge is -2.02. The van der Waals surface area contributed by atoms with Gasteiger partial charge in [0, 0.05) is 42.8 Å². The molecule has 0 rings (SSSR count). The Morgan fingerprint density at radius 3 is 2.62 bits per heavy atom. The Balaban J connectivity index is 3.08. The minimum atomic E-state index is -0.723. The van der Waals surface area contributed by atoms with Gasteiger partial charge in [-0.15, -0.1) is 0 Å². The van der Waals surface area contributed by atoms with Crippen LogP contribution in [0.5, 0.6) is 0 Å². The van der Waals surface area contributed by atoms with Crippen LogP contribution in [-0.4, -0.2) is 42.3 Å². The topological polar surface area (TPSA) is 58.2 Å². The highest BCUT2D eigenvalue weighted by Crippen LogP contribution is 1.85. The maximum atomic E-state index is 10.8. The maximum absolute atomic E-state index is 10.8. The number of rotatable bonds is 7. The number of carbonyl (C=O) groups is 1. The number of hydrogen-bond donors (Lipinski definition) is 2. The molecule has 0 saturated heterocycles. The molecule has 0 saturated carbocycles. The zero-order valence-corrected chi connectivity index (χ0v) is 9.08. The average molecular weight is 206 g/mol. The first kappa shape index (κ1) is 12.6. The van der Waals surface area contributed by atoms with E-state index in [-0.39, 0.29) is 5.91 Å². The van der Waals surface area contributed by atoms with E-state index in [1.54, 1.807) is 13.3 Å². The van der Waals surface area contributed by atoms with Crippen molar-refractivity contribution in [2.24, 2.45) is 0 Å². The molecule has 78 valence electrons. The van der Waals surface area contributed by atoms with Gasteiger partial charge in [0.1, 0.15) is 0 Å². The smallest absolute Gasteiger partial charge is 0.219 e. The van der Waals surface area contributed by atoms with Gasteiger partial charge in [0.15, 0.2) is 0 Å². The van der Waals surface area contributed by atoms with Crippen LogP contribution in [0.3, 0.4) is 0 Å². The predicted molar refractivity (Wildman–Crippen MR) is 55.1 cm³/mol. The molecule has 0 aromatic heterocycles. The highest BCUT2D eigenvalue weighted by Gasteiger charge is 1.96. The molecule has 4 nitrogen and oxygen atoms in total. The first-order chi connectivity index (χ1) is 6.16. The van der Waals surface area contributed by atoms with Crippen molar-refractivity contribution in [3.63, 3.8) is 0 Å². The van der Waals surface area contributed by atoms with Crippen LogP contribution in [0.25, 0.3) is 0 Å². The third-order valence-electron chi connectivity index (χ3n) is 1.60. The van der Waals surface area contributed by atoms with Gasteiger partial charge in [-0.2, -0.15) is 0 Å². The monoisotopic (exact) mass is 206 g/mol. The Labute approximate surface area is 81.9 Å². The second-order valence-corrected chi connectivity index (χ2v) is 4.36. The summed E-state index contributed by atoms with van der Waals surface area (Å²) in [5.41, 5.74) is 0. The molecule has 0 radical (unpaired) electrons. The molecule has 13 heavy (non-hydrogen) atoms. The number of amides is 1. The van der Waals surface area contributed by atoms with Crippen molar-refractivity contribution in [3.05, 3.63) is 0 Å². The minimum absolute atomic E-state index is 0.0702. The molecule has 0 fully saturated rings. The molecule has 0 bridgehead atoms. The lowest BCUT2D eigenvalue weighted by Crippen LogP contribution is -2.23. The van der Waals surface area contributed by atoms with E-state index in [4.69, 9.17) is 0 Å². The summed E-state index contributed by atoms with van der Waals surface area (Å²) in [5.74, 6) is 0.751. The largest absolute Gasteiger partial charge is 0.359 e. The zero-order valence-electron chi connectivity index (χ0n) is 8.26. The summed E-state index contributed by atoms with van der Waals surface area (Å²) in [6.07, 6.45) is 3.07. The van der Waals surface area contributed by atoms with Crippen molar-refractivity contribution < 1.29 is 9.00 Å². The summed E-state index contributed by atoms with van der Waals surface area (Å²) in [7, 11) is 0.912. The fraction of sp³-hybridized carbons (Fsp3) is 0.875. The molecule has 1 atom stereocenters. The van der Waals surface area contributed by atoms with Crippen molar-refractivity contribution in [1.29, 1.82) is 0 Å². The lowest BCUT2D eigenvalue weighted by molar-refractivity contribution is -0.120. The fourth-order valence-corrected chi connectivity index (χ4v) is 1.27. The van der Waals surface area contributed by atoms with Crippen LogP contribution in [0, 0.1) is 0 Å². The van der Waals surface area contributed by atoms with Gasteiger partial charge in [0.2, 0.25) is 5.91 Å². The van der Waals surface area contributed by atoms with Crippen molar-refractivity contribution in [2.75, 3.05) is 32.1 Å². The van der Waals surface area contributed by atoms with Gasteiger partial charge in [-0.05, 0) is 13.0 Å². The molecule has 0 aliphatic carbocycles. The molecule has 0 aliphatic rings. The molecule has 0 aromatic carbocycles. The van der Waals surface area contributed by atoms with Crippen molar-refractivity contribution in [1.82, 2.24) is 10.6 Å². The molecule has 0 aliphatic heterocycles. The normalized spacial score (nSPS) is 12.5. The first-order valence-electron chi connectivity index (χ1n) is 4.38. The van der Waals surface area contributed by atoms with E-state index in [0.29, 0.717) is 12.2 Å². The third kappa shape index (κ3) is 9.49. The van der Waals surface area contributed by atoms with Gasteiger partial charge in [-0.25, -0.2) is 0 Å². The van der Waals surface area contributed by atoms with Crippen LogP contribution in [-0.2, 0) is 15.6 Å². The lowest BCUT2D eigenvalue weighted by atomic mass is 10.3. The van der Waals surface area contributed by atoms with E-state index >= 15 is 0 Å². The second-order valence-electron chi connectivity index (χ2n) is 2.80. The minimum Gasteiger partial charge on any atom is -0.359 e. The Kier molecular flexibility index (Phi) is 7.93. The highest BCUT2D eigenvalue weighted by molar-refractivity contribution is 7.84. The summed E-state index contributed by atoms with van der Waals surface area (Å²) in [5, 5.41) is 5.68. The Morgan fingerprint density at radius 2 is 2.08 bits per heavy atom. The van der Waals surface area contributed by atoms with Crippen LogP contribution in [0.15, 0.2) is 0 Å². The molecule has 0 heterocycles. The molecule has 5 heteroatoms. The third-order valence-corrected chi connectivity index (χ3v) is 2.38. The highest BCUT2D eigenvalue weighted by atomic mass is 32.2. The van der Waals surface area contributed by atoms with Gasteiger partial charge >= 0.3 is 0 Å². The van der Waals surface area contributed by atoms with Gasteiger partial charge in [0.25, 0.3) is 0 Å². The molecule has 0 aromatic rings. The second kappa shape index (κ2) is 8.19. The Bertz CT molecular complexity index is 174. The van der Waals surface area contributed by atoms with Crippen LogP contribution in [0.1, 0.15) is 12.8 Å². The predicted octanol–water partition coefficient (Wildman–Crippen LogP) is -0.519. The molecule has 0 spiro atoms. The maximum Gasteiger partial charge on any atom is 0.219 e. The summed E-state index contributed by atoms with van der Waals surface area (Å²) < 4.78 is 10.6. The Hall–Kier alpha value is -0.420. The summed E-state index contributed by atoms with van der Waals surface area (Å²) >= 11 is 0. The van der Waals surface area contributed by atoms with Gasteiger partial charge in [-0.1, -0.05) is 0 Å². The first-order valence-corrected chi connectivity index (χ1v) is 6.11. The van der Waals surface area contributed by atoms with E-state index in [2.05, 4.69) is 10.6 Å². The van der Waals surface area contributed by atoms with Crippen molar-refractivity contribution >= 4 is 16.7 Å². The molecule has 2 N–H and O–H groups in total. The number of carbonyl (C=O) groups excluding carboxylic acids is 1. The fourth-order valence-electron chi connectivity index (χ4n) is 0.840. The van der Waals surface area contributed by atoms with E-state index in [9.17, 15) is 9.00 Å². The van der Waals surface area contributed by atoms with E-state index in [1.165, 1.54) is 0 Å². The van der Waals surface area contributed by atoms with Crippen molar-refractivity contribution in [3.8, 4) is 0 Å². The zero-order chi connectivity index (χ0) is 10.1. The Morgan fingerprint density at radius 1 is 1.38 bits per heavy atom. The SMILES string of the molecule is CNC(=O)CCCNCCS(C)=O. The van der Waals surface area contributed by atoms with Crippen LogP contribution in [0.2, 0.25) is 0 Å². The summed E-state index contributed by atoms with van der Waals surface area (Å²) in [6, 6.07) is 0. The van der Waals surface area contributed by atoms with E-state index < -0.39 is 10.8 Å². The standard InChI is InChI=1S/C8H18N2O2S/c1-9-8(11)4-3-5-10-6-7-13(2)12/h10H,3-7H2,1-2H3,(H,9,11). The van der Waals surface area contributed by atoms with E-state index in [0.717, 1.165) is 19.5 Å². The number of hydrogen-bond acceptors (Lipinski definition) is 3. The van der Waals surface area contributed by atoms with Crippen LogP contribution < -0.4 is 10.6 Å². The summed E-state index contributed by atoms with van der Waals surface area (Å²) in [6.45, 7) is 1.57. The quantitative estimate of drug-likeness (QED) is 0.551. The average Bonchev–Trinajstić information content (AvgIpc) is 2.10. The van der Waals surface area contributed by atoms with Crippen LogP contribution >= 0.6 is 0 Å². The molecular formula is C8H18N2O2S. The summed E-state index contributed by atoms with van der Waals surface area (Å²) in [4.78, 5) is 10.8. The molecule has 1 unspecified atom stereocenters. The van der Waals surface area contributed by atoms with Gasteiger partial charge in [-0.3, -0.25) is 9.00 Å². The van der Waals surface area contributed by atoms with Crippen molar-refractivity contribution in [2.45, 2.75) is 12.8 Å².